The lowest BCUT2D eigenvalue weighted by molar-refractivity contribution is -0.123. The lowest BCUT2D eigenvalue weighted by Gasteiger charge is -2.17. The zero-order valence-corrected chi connectivity index (χ0v) is 14.8. The Labute approximate surface area is 143 Å². The Kier molecular flexibility index (Phi) is 6.24. The molecule has 2 rings (SSSR count). The molecule has 0 saturated heterocycles. The van der Waals surface area contributed by atoms with Gasteiger partial charge in [-0.1, -0.05) is 30.3 Å². The number of ether oxygens (including phenoxy) is 2. The molecule has 24 heavy (non-hydrogen) atoms. The molecule has 1 atom stereocenters. The average molecular weight is 327 g/mol. The van der Waals surface area contributed by atoms with Crippen LogP contribution < -0.4 is 14.8 Å². The quantitative estimate of drug-likeness (QED) is 0.845. The first kappa shape index (κ1) is 17.9. The van der Waals surface area contributed by atoms with E-state index in [4.69, 9.17) is 9.47 Å². The van der Waals surface area contributed by atoms with Gasteiger partial charge in [-0.05, 0) is 56.5 Å². The summed E-state index contributed by atoms with van der Waals surface area (Å²) in [7, 11) is 0. The van der Waals surface area contributed by atoms with Crippen LogP contribution in [-0.4, -0.2) is 25.2 Å². The lowest BCUT2D eigenvalue weighted by Crippen LogP contribution is -2.39. The molecule has 128 valence electrons. The van der Waals surface area contributed by atoms with Gasteiger partial charge in [0.2, 0.25) is 0 Å². The van der Waals surface area contributed by atoms with Crippen LogP contribution in [0.1, 0.15) is 23.6 Å². The number of carbonyl (C=O) groups is 1. The maximum absolute atomic E-state index is 12.0. The van der Waals surface area contributed by atoms with E-state index in [2.05, 4.69) is 5.32 Å². The second-order valence-electron chi connectivity index (χ2n) is 6.03. The third kappa shape index (κ3) is 5.01. The molecule has 4 heteroatoms. The number of nitrogens with one attached hydrogen (secondary N) is 1. The Morgan fingerprint density at radius 3 is 2.38 bits per heavy atom. The number of rotatable bonds is 7. The Morgan fingerprint density at radius 1 is 0.958 bits per heavy atom. The Hall–Kier alpha value is -2.49. The van der Waals surface area contributed by atoms with Gasteiger partial charge < -0.3 is 14.8 Å². The zero-order chi connectivity index (χ0) is 17.5. The molecule has 0 aromatic heterocycles. The van der Waals surface area contributed by atoms with Gasteiger partial charge in [-0.15, -0.1) is 0 Å². The molecule has 2 aromatic carbocycles. The monoisotopic (exact) mass is 327 g/mol. The van der Waals surface area contributed by atoms with Crippen molar-refractivity contribution < 1.29 is 14.3 Å². The van der Waals surface area contributed by atoms with Crippen LogP contribution in [0.2, 0.25) is 0 Å². The van der Waals surface area contributed by atoms with Crippen molar-refractivity contribution >= 4 is 5.91 Å². The summed E-state index contributed by atoms with van der Waals surface area (Å²) in [6.45, 7) is 8.33. The van der Waals surface area contributed by atoms with E-state index >= 15 is 0 Å². The fraction of sp³-hybridized carbons (Fsp3) is 0.350. The second-order valence-corrected chi connectivity index (χ2v) is 6.03. The first-order valence-electron chi connectivity index (χ1n) is 8.14. The summed E-state index contributed by atoms with van der Waals surface area (Å²) in [6.07, 6.45) is 0. The molecule has 1 N–H and O–H groups in total. The summed E-state index contributed by atoms with van der Waals surface area (Å²) < 4.78 is 11.4. The number of hydrogen-bond acceptors (Lipinski definition) is 3. The van der Waals surface area contributed by atoms with Gasteiger partial charge in [-0.25, -0.2) is 0 Å². The molecule has 0 bridgehead atoms. The van der Waals surface area contributed by atoms with Gasteiger partial charge in [0.15, 0.2) is 6.61 Å². The van der Waals surface area contributed by atoms with Crippen LogP contribution in [0.5, 0.6) is 11.5 Å². The van der Waals surface area contributed by atoms with Crippen LogP contribution in [-0.2, 0) is 4.79 Å². The summed E-state index contributed by atoms with van der Waals surface area (Å²) in [5.41, 5.74) is 3.28. The van der Waals surface area contributed by atoms with Crippen molar-refractivity contribution in [2.24, 2.45) is 0 Å². The smallest absolute Gasteiger partial charge is 0.258 e. The molecule has 0 saturated carbocycles. The number of para-hydroxylation sites is 1. The summed E-state index contributed by atoms with van der Waals surface area (Å²) >= 11 is 0. The summed E-state index contributed by atoms with van der Waals surface area (Å²) in [5, 5.41) is 2.88. The van der Waals surface area contributed by atoms with Gasteiger partial charge >= 0.3 is 0 Å². The van der Waals surface area contributed by atoms with Gasteiger partial charge in [0.25, 0.3) is 5.91 Å². The molecule has 4 nitrogen and oxygen atoms in total. The fourth-order valence-electron chi connectivity index (χ4n) is 2.32. The van der Waals surface area contributed by atoms with Crippen LogP contribution in [0, 0.1) is 20.8 Å². The van der Waals surface area contributed by atoms with Gasteiger partial charge in [0.05, 0.1) is 6.04 Å². The SMILES string of the molecule is Cc1ccccc1OC[C@H](C)NC(=O)COc1cccc(C)c1C. The molecule has 1 amide bonds. The minimum Gasteiger partial charge on any atom is -0.491 e. The highest BCUT2D eigenvalue weighted by Gasteiger charge is 2.10. The Morgan fingerprint density at radius 2 is 1.62 bits per heavy atom. The molecule has 2 aromatic rings. The third-order valence-electron chi connectivity index (χ3n) is 3.90. The predicted molar refractivity (Wildman–Crippen MR) is 95.7 cm³/mol. The van der Waals surface area contributed by atoms with Crippen molar-refractivity contribution in [3.63, 3.8) is 0 Å². The van der Waals surface area contributed by atoms with Crippen LogP contribution in [0.25, 0.3) is 0 Å². The van der Waals surface area contributed by atoms with Crippen LogP contribution >= 0.6 is 0 Å². The van der Waals surface area contributed by atoms with Crippen molar-refractivity contribution in [1.82, 2.24) is 5.32 Å². The third-order valence-corrected chi connectivity index (χ3v) is 3.90. The largest absolute Gasteiger partial charge is 0.491 e. The first-order valence-corrected chi connectivity index (χ1v) is 8.14. The van der Waals surface area contributed by atoms with Crippen molar-refractivity contribution in [2.75, 3.05) is 13.2 Å². The average Bonchev–Trinajstić information content (AvgIpc) is 2.55. The van der Waals surface area contributed by atoms with Crippen molar-refractivity contribution in [1.29, 1.82) is 0 Å². The maximum atomic E-state index is 12.0. The van der Waals surface area contributed by atoms with Gasteiger partial charge in [-0.2, -0.15) is 0 Å². The highest BCUT2D eigenvalue weighted by atomic mass is 16.5. The second kappa shape index (κ2) is 8.39. The van der Waals surface area contributed by atoms with E-state index in [9.17, 15) is 4.79 Å². The van der Waals surface area contributed by atoms with Gasteiger partial charge in [0.1, 0.15) is 18.1 Å². The Balaban J connectivity index is 1.77. The highest BCUT2D eigenvalue weighted by Crippen LogP contribution is 2.20. The van der Waals surface area contributed by atoms with Crippen molar-refractivity contribution in [3.8, 4) is 11.5 Å². The van der Waals surface area contributed by atoms with Crippen molar-refractivity contribution in [3.05, 3.63) is 59.2 Å². The van der Waals surface area contributed by atoms with E-state index in [0.717, 1.165) is 28.2 Å². The van der Waals surface area contributed by atoms with Crippen LogP contribution in [0.15, 0.2) is 42.5 Å². The van der Waals surface area contributed by atoms with E-state index in [1.807, 2.05) is 70.2 Å². The topological polar surface area (TPSA) is 47.6 Å². The number of carbonyl (C=O) groups excluding carboxylic acids is 1. The van der Waals surface area contributed by atoms with E-state index < -0.39 is 0 Å². The molecule has 0 radical (unpaired) electrons. The molecular weight excluding hydrogens is 302 g/mol. The summed E-state index contributed by atoms with van der Waals surface area (Å²) in [4.78, 5) is 12.0. The number of hydrogen-bond donors (Lipinski definition) is 1. The fourth-order valence-corrected chi connectivity index (χ4v) is 2.32. The molecule has 0 heterocycles. The normalized spacial score (nSPS) is 11.7. The lowest BCUT2D eigenvalue weighted by atomic mass is 10.1. The summed E-state index contributed by atoms with van der Waals surface area (Å²) in [5.74, 6) is 1.43. The first-order chi connectivity index (χ1) is 11.5. The number of amides is 1. The summed E-state index contributed by atoms with van der Waals surface area (Å²) in [6, 6.07) is 13.5. The molecular formula is C20H25NO3. The van der Waals surface area contributed by atoms with Gasteiger partial charge in [0, 0.05) is 0 Å². The number of benzene rings is 2. The minimum absolute atomic E-state index is 0.000994. The zero-order valence-electron chi connectivity index (χ0n) is 14.8. The standard InChI is InChI=1S/C20H25NO3/c1-14-9-7-11-19(17(14)4)24-13-20(22)21-16(3)12-23-18-10-6-5-8-15(18)2/h5-11,16H,12-13H2,1-4H3,(H,21,22)/t16-/m0/s1. The predicted octanol–water partition coefficient (Wildman–Crippen LogP) is 3.57. The number of aryl methyl sites for hydroxylation is 2. The molecule has 0 aliphatic rings. The Bertz CT molecular complexity index is 697. The molecule has 0 spiro atoms. The van der Waals surface area contributed by atoms with E-state index in [0.29, 0.717) is 6.61 Å². The van der Waals surface area contributed by atoms with E-state index in [1.54, 1.807) is 0 Å². The van der Waals surface area contributed by atoms with E-state index in [1.165, 1.54) is 0 Å². The van der Waals surface area contributed by atoms with E-state index in [-0.39, 0.29) is 18.6 Å². The minimum atomic E-state index is -0.156. The molecule has 0 unspecified atom stereocenters. The molecule has 0 fully saturated rings. The van der Waals surface area contributed by atoms with Crippen LogP contribution in [0.4, 0.5) is 0 Å². The van der Waals surface area contributed by atoms with Crippen LogP contribution in [0.3, 0.4) is 0 Å². The molecule has 0 aliphatic carbocycles. The highest BCUT2D eigenvalue weighted by molar-refractivity contribution is 5.77. The maximum Gasteiger partial charge on any atom is 0.258 e. The molecule has 0 aliphatic heterocycles. The van der Waals surface area contributed by atoms with Crippen molar-refractivity contribution in [2.45, 2.75) is 33.7 Å². The van der Waals surface area contributed by atoms with Gasteiger partial charge in [-0.3, -0.25) is 4.79 Å².